The third kappa shape index (κ3) is 3.24. The topological polar surface area (TPSA) is 15.7 Å². The Balaban J connectivity index is 2.05. The van der Waals surface area contributed by atoms with Crippen LogP contribution in [0.2, 0.25) is 0 Å². The highest BCUT2D eigenvalue weighted by Crippen LogP contribution is 1.97. The second-order valence-electron chi connectivity index (χ2n) is 3.18. The number of nitrogens with zero attached hydrogens (tertiary/aromatic N) is 2. The number of hydrogen-bond acceptors (Lipinski definition) is 3. The summed E-state index contributed by atoms with van der Waals surface area (Å²) in [6.07, 6.45) is 1.51. The molecule has 12 heavy (non-hydrogen) atoms. The van der Waals surface area contributed by atoms with Gasteiger partial charge in [-0.15, -0.1) is 0 Å². The third-order valence-electron chi connectivity index (χ3n) is 2.24. The van der Waals surface area contributed by atoms with Gasteiger partial charge in [0.2, 0.25) is 0 Å². The van der Waals surface area contributed by atoms with Gasteiger partial charge in [-0.05, 0) is 7.05 Å². The van der Waals surface area contributed by atoms with Crippen molar-refractivity contribution < 1.29 is 4.74 Å². The van der Waals surface area contributed by atoms with E-state index in [4.69, 9.17) is 4.74 Å². The summed E-state index contributed by atoms with van der Waals surface area (Å²) in [6.45, 7) is 9.98. The van der Waals surface area contributed by atoms with E-state index in [2.05, 4.69) is 23.4 Å². The van der Waals surface area contributed by atoms with Gasteiger partial charge in [-0.1, -0.05) is 6.58 Å². The fraction of sp³-hybridized carbons (Fsp3) is 0.778. The Bertz CT molecular complexity index is 130. The van der Waals surface area contributed by atoms with Gasteiger partial charge in [0.05, 0.1) is 12.9 Å². The van der Waals surface area contributed by atoms with Crippen LogP contribution in [-0.2, 0) is 4.74 Å². The molecule has 0 atom stereocenters. The third-order valence-corrected chi connectivity index (χ3v) is 2.24. The van der Waals surface area contributed by atoms with Gasteiger partial charge in [0.15, 0.2) is 0 Å². The fourth-order valence-electron chi connectivity index (χ4n) is 1.34. The van der Waals surface area contributed by atoms with Gasteiger partial charge >= 0.3 is 0 Å². The standard InChI is InChI=1S/C9H18N2O/c1-3-12-9-8-11-6-4-10(2)5-7-11/h3H,1,4-9H2,2H3. The van der Waals surface area contributed by atoms with Crippen molar-refractivity contribution in [3.05, 3.63) is 12.8 Å². The van der Waals surface area contributed by atoms with Crippen molar-refractivity contribution in [3.8, 4) is 0 Å². The zero-order valence-corrected chi connectivity index (χ0v) is 7.83. The predicted octanol–water partition coefficient (Wildman–Crippen LogP) is 0.394. The molecular weight excluding hydrogens is 152 g/mol. The molecule has 0 aromatic carbocycles. The zero-order chi connectivity index (χ0) is 8.81. The van der Waals surface area contributed by atoms with E-state index < -0.39 is 0 Å². The summed E-state index contributed by atoms with van der Waals surface area (Å²) in [5.74, 6) is 0. The van der Waals surface area contributed by atoms with Crippen LogP contribution < -0.4 is 0 Å². The lowest BCUT2D eigenvalue weighted by Gasteiger charge is -2.31. The normalized spacial score (nSPS) is 20.8. The van der Waals surface area contributed by atoms with Crippen LogP contribution in [0.15, 0.2) is 12.8 Å². The lowest BCUT2D eigenvalue weighted by molar-refractivity contribution is 0.122. The van der Waals surface area contributed by atoms with Crippen LogP contribution in [-0.4, -0.2) is 56.2 Å². The van der Waals surface area contributed by atoms with Crippen LogP contribution in [0.1, 0.15) is 0 Å². The first-order valence-electron chi connectivity index (χ1n) is 4.46. The van der Waals surface area contributed by atoms with Gasteiger partial charge < -0.3 is 9.64 Å². The molecule has 70 valence electrons. The Morgan fingerprint density at radius 1 is 1.33 bits per heavy atom. The molecule has 0 radical (unpaired) electrons. The molecule has 0 amide bonds. The summed E-state index contributed by atoms with van der Waals surface area (Å²) in [7, 11) is 2.16. The molecular formula is C9H18N2O. The minimum absolute atomic E-state index is 0.771. The molecule has 0 aromatic heterocycles. The molecule has 1 saturated heterocycles. The number of likely N-dealkylation sites (N-methyl/N-ethyl adjacent to an activating group) is 1. The molecule has 0 aromatic rings. The van der Waals surface area contributed by atoms with E-state index in [0.29, 0.717) is 0 Å². The first-order valence-corrected chi connectivity index (χ1v) is 4.46. The van der Waals surface area contributed by atoms with Gasteiger partial charge in [-0.2, -0.15) is 0 Å². The number of piperazine rings is 1. The Hall–Kier alpha value is -0.540. The van der Waals surface area contributed by atoms with E-state index in [9.17, 15) is 0 Å². The molecule has 0 saturated carbocycles. The number of rotatable bonds is 4. The average molecular weight is 170 g/mol. The minimum Gasteiger partial charge on any atom is -0.500 e. The average Bonchev–Trinajstić information content (AvgIpc) is 2.09. The molecule has 0 aliphatic carbocycles. The van der Waals surface area contributed by atoms with Crippen LogP contribution in [0, 0.1) is 0 Å². The van der Waals surface area contributed by atoms with Crippen molar-refractivity contribution in [2.24, 2.45) is 0 Å². The van der Waals surface area contributed by atoms with Crippen molar-refractivity contribution in [2.75, 3.05) is 46.4 Å². The van der Waals surface area contributed by atoms with Gasteiger partial charge in [-0.25, -0.2) is 0 Å². The van der Waals surface area contributed by atoms with E-state index in [1.807, 2.05) is 0 Å². The molecule has 0 unspecified atom stereocenters. The Morgan fingerprint density at radius 3 is 2.58 bits per heavy atom. The molecule has 1 aliphatic heterocycles. The Labute approximate surface area is 74.6 Å². The largest absolute Gasteiger partial charge is 0.500 e. The summed E-state index contributed by atoms with van der Waals surface area (Å²) in [6, 6.07) is 0. The monoisotopic (exact) mass is 170 g/mol. The maximum atomic E-state index is 5.07. The zero-order valence-electron chi connectivity index (χ0n) is 7.83. The van der Waals surface area contributed by atoms with E-state index in [1.54, 1.807) is 0 Å². The van der Waals surface area contributed by atoms with Gasteiger partial charge in [0, 0.05) is 32.7 Å². The van der Waals surface area contributed by atoms with Crippen LogP contribution in [0.4, 0.5) is 0 Å². The molecule has 1 fully saturated rings. The number of hydrogen-bond donors (Lipinski definition) is 0. The molecule has 0 spiro atoms. The first-order chi connectivity index (χ1) is 5.83. The van der Waals surface area contributed by atoms with E-state index >= 15 is 0 Å². The molecule has 3 nitrogen and oxygen atoms in total. The van der Waals surface area contributed by atoms with Gasteiger partial charge in [-0.3, -0.25) is 4.90 Å². The second kappa shape index (κ2) is 5.17. The lowest BCUT2D eigenvalue weighted by atomic mass is 10.3. The fourth-order valence-corrected chi connectivity index (χ4v) is 1.34. The molecule has 1 rings (SSSR count). The number of ether oxygens (including phenoxy) is 1. The lowest BCUT2D eigenvalue weighted by Crippen LogP contribution is -2.45. The van der Waals surface area contributed by atoms with Gasteiger partial charge in [0.25, 0.3) is 0 Å². The quantitative estimate of drug-likeness (QED) is 0.448. The highest BCUT2D eigenvalue weighted by molar-refractivity contribution is 4.68. The van der Waals surface area contributed by atoms with Crippen LogP contribution in [0.3, 0.4) is 0 Å². The van der Waals surface area contributed by atoms with E-state index in [-0.39, 0.29) is 0 Å². The van der Waals surface area contributed by atoms with E-state index in [1.165, 1.54) is 19.4 Å². The molecule has 0 N–H and O–H groups in total. The molecule has 1 heterocycles. The highest BCUT2D eigenvalue weighted by Gasteiger charge is 2.12. The second-order valence-corrected chi connectivity index (χ2v) is 3.18. The van der Waals surface area contributed by atoms with Crippen molar-refractivity contribution >= 4 is 0 Å². The van der Waals surface area contributed by atoms with Crippen molar-refractivity contribution in [2.45, 2.75) is 0 Å². The highest BCUT2D eigenvalue weighted by atomic mass is 16.5. The summed E-state index contributed by atoms with van der Waals surface area (Å²) in [5, 5.41) is 0. The molecule has 1 aliphatic rings. The summed E-state index contributed by atoms with van der Waals surface area (Å²) < 4.78 is 5.07. The molecule has 0 bridgehead atoms. The van der Waals surface area contributed by atoms with Crippen molar-refractivity contribution in [1.29, 1.82) is 0 Å². The van der Waals surface area contributed by atoms with Crippen molar-refractivity contribution in [1.82, 2.24) is 9.80 Å². The van der Waals surface area contributed by atoms with Gasteiger partial charge in [0.1, 0.15) is 0 Å². The Morgan fingerprint density at radius 2 is 2.00 bits per heavy atom. The predicted molar refractivity (Wildman–Crippen MR) is 50.1 cm³/mol. The van der Waals surface area contributed by atoms with E-state index in [0.717, 1.165) is 26.2 Å². The minimum atomic E-state index is 0.771. The SMILES string of the molecule is C=COCCN1CCN(C)CC1. The maximum Gasteiger partial charge on any atom is 0.0999 e. The molecule has 3 heteroatoms. The smallest absolute Gasteiger partial charge is 0.0999 e. The summed E-state index contributed by atoms with van der Waals surface area (Å²) >= 11 is 0. The van der Waals surface area contributed by atoms with Crippen molar-refractivity contribution in [3.63, 3.8) is 0 Å². The van der Waals surface area contributed by atoms with Crippen LogP contribution >= 0.6 is 0 Å². The summed E-state index contributed by atoms with van der Waals surface area (Å²) in [4.78, 5) is 4.77. The first kappa shape index (κ1) is 9.55. The Kier molecular flexibility index (Phi) is 4.11. The summed E-state index contributed by atoms with van der Waals surface area (Å²) in [5.41, 5.74) is 0. The van der Waals surface area contributed by atoms with Crippen LogP contribution in [0.25, 0.3) is 0 Å². The van der Waals surface area contributed by atoms with Crippen LogP contribution in [0.5, 0.6) is 0 Å². The maximum absolute atomic E-state index is 5.07.